The Hall–Kier alpha value is -3.19. The minimum atomic E-state index is -0.261. The highest BCUT2D eigenvalue weighted by Gasteiger charge is 2.12. The SMILES string of the molecule is CO/N=C(/C)C(C)Oc1ccc(-n2ccc(N)n2)c(CN=[N+]=[N-])c1. The molecule has 0 saturated carbocycles. The van der Waals surface area contributed by atoms with Crippen molar-refractivity contribution in [3.63, 3.8) is 0 Å². The normalized spacial score (nSPS) is 12.4. The van der Waals surface area contributed by atoms with Gasteiger partial charge in [0.15, 0.2) is 0 Å². The number of hydrogen-bond donors (Lipinski definition) is 1. The van der Waals surface area contributed by atoms with Crippen molar-refractivity contribution >= 4 is 11.5 Å². The van der Waals surface area contributed by atoms with Crippen LogP contribution in [0.5, 0.6) is 5.75 Å². The molecule has 1 atom stereocenters. The van der Waals surface area contributed by atoms with Gasteiger partial charge in [-0.05, 0) is 43.1 Å². The number of hydrogen-bond acceptors (Lipinski definition) is 6. The molecule has 0 aliphatic rings. The maximum atomic E-state index is 8.59. The van der Waals surface area contributed by atoms with Crippen molar-refractivity contribution in [2.75, 3.05) is 12.8 Å². The largest absolute Gasteiger partial charge is 0.485 e. The average Bonchev–Trinajstić information content (AvgIpc) is 2.99. The van der Waals surface area contributed by atoms with Gasteiger partial charge in [-0.15, -0.1) is 0 Å². The Morgan fingerprint density at radius 3 is 2.88 bits per heavy atom. The summed E-state index contributed by atoms with van der Waals surface area (Å²) in [5.41, 5.74) is 16.5. The highest BCUT2D eigenvalue weighted by Crippen LogP contribution is 2.23. The van der Waals surface area contributed by atoms with E-state index in [0.29, 0.717) is 17.3 Å². The van der Waals surface area contributed by atoms with Crippen molar-refractivity contribution in [1.29, 1.82) is 0 Å². The predicted molar refractivity (Wildman–Crippen MR) is 91.0 cm³/mol. The van der Waals surface area contributed by atoms with E-state index in [2.05, 4.69) is 20.3 Å². The van der Waals surface area contributed by atoms with Gasteiger partial charge < -0.3 is 15.3 Å². The predicted octanol–water partition coefficient (Wildman–Crippen LogP) is 3.05. The molecule has 1 aromatic heterocycles. The Balaban J connectivity index is 2.32. The lowest BCUT2D eigenvalue weighted by molar-refractivity contribution is 0.203. The first-order chi connectivity index (χ1) is 11.5. The third-order valence-corrected chi connectivity index (χ3v) is 3.35. The number of aromatic nitrogens is 2. The van der Waals surface area contributed by atoms with Gasteiger partial charge in [-0.1, -0.05) is 10.3 Å². The van der Waals surface area contributed by atoms with Crippen molar-refractivity contribution < 1.29 is 9.57 Å². The number of ether oxygens (including phenoxy) is 1. The van der Waals surface area contributed by atoms with Gasteiger partial charge in [0.05, 0.1) is 17.9 Å². The quantitative estimate of drug-likeness (QED) is 0.275. The number of oxime groups is 1. The second-order valence-corrected chi connectivity index (χ2v) is 5.04. The van der Waals surface area contributed by atoms with Crippen LogP contribution in [0.15, 0.2) is 40.7 Å². The second-order valence-electron chi connectivity index (χ2n) is 5.04. The number of benzene rings is 1. The van der Waals surface area contributed by atoms with E-state index in [1.54, 1.807) is 23.0 Å². The number of nitrogen functional groups attached to an aromatic ring is 1. The summed E-state index contributed by atoms with van der Waals surface area (Å²) in [7, 11) is 1.48. The summed E-state index contributed by atoms with van der Waals surface area (Å²) in [5.74, 6) is 1.03. The van der Waals surface area contributed by atoms with Crippen LogP contribution >= 0.6 is 0 Å². The van der Waals surface area contributed by atoms with E-state index >= 15 is 0 Å². The van der Waals surface area contributed by atoms with Crippen molar-refractivity contribution in [1.82, 2.24) is 9.78 Å². The highest BCUT2D eigenvalue weighted by atomic mass is 16.6. The van der Waals surface area contributed by atoms with Crippen LogP contribution in [0.3, 0.4) is 0 Å². The summed E-state index contributed by atoms with van der Waals surface area (Å²) in [6.45, 7) is 3.85. The van der Waals surface area contributed by atoms with E-state index in [1.165, 1.54) is 7.11 Å². The monoisotopic (exact) mass is 329 g/mol. The molecule has 0 fully saturated rings. The molecule has 0 saturated heterocycles. The molecular weight excluding hydrogens is 310 g/mol. The maximum Gasteiger partial charge on any atom is 0.145 e. The van der Waals surface area contributed by atoms with Gasteiger partial charge >= 0.3 is 0 Å². The first-order valence-corrected chi connectivity index (χ1v) is 7.24. The molecule has 0 aliphatic heterocycles. The van der Waals surface area contributed by atoms with Gasteiger partial charge in [-0.25, -0.2) is 4.68 Å². The number of azide groups is 1. The van der Waals surface area contributed by atoms with Crippen molar-refractivity contribution in [2.24, 2.45) is 10.3 Å². The number of anilines is 1. The lowest BCUT2D eigenvalue weighted by atomic mass is 10.1. The smallest absolute Gasteiger partial charge is 0.145 e. The fourth-order valence-electron chi connectivity index (χ4n) is 2.07. The molecule has 2 rings (SSSR count). The summed E-state index contributed by atoms with van der Waals surface area (Å²) in [6, 6.07) is 7.13. The molecule has 0 aliphatic carbocycles. The van der Waals surface area contributed by atoms with Crippen LogP contribution in [0.2, 0.25) is 0 Å². The third-order valence-electron chi connectivity index (χ3n) is 3.35. The first-order valence-electron chi connectivity index (χ1n) is 7.24. The molecule has 9 nitrogen and oxygen atoms in total. The minimum absolute atomic E-state index is 0.169. The summed E-state index contributed by atoms with van der Waals surface area (Å²) < 4.78 is 7.47. The molecule has 0 bridgehead atoms. The van der Waals surface area contributed by atoms with Crippen LogP contribution in [0.4, 0.5) is 5.82 Å². The van der Waals surface area contributed by atoms with Gasteiger partial charge in [-0.3, -0.25) is 0 Å². The van der Waals surface area contributed by atoms with Crippen molar-refractivity contribution in [2.45, 2.75) is 26.5 Å². The summed E-state index contributed by atoms with van der Waals surface area (Å²) in [4.78, 5) is 7.56. The molecule has 9 heteroatoms. The minimum Gasteiger partial charge on any atom is -0.485 e. The molecule has 0 amide bonds. The van der Waals surface area contributed by atoms with Gasteiger partial charge in [0.25, 0.3) is 0 Å². The topological polar surface area (TPSA) is 123 Å². The van der Waals surface area contributed by atoms with Crippen LogP contribution in [0.1, 0.15) is 19.4 Å². The van der Waals surface area contributed by atoms with Crippen LogP contribution in [0.25, 0.3) is 16.1 Å². The highest BCUT2D eigenvalue weighted by molar-refractivity contribution is 5.85. The van der Waals surface area contributed by atoms with E-state index in [1.807, 2.05) is 26.0 Å². The Kier molecular flexibility index (Phi) is 5.64. The third kappa shape index (κ3) is 4.17. The lowest BCUT2D eigenvalue weighted by Crippen LogP contribution is -2.21. The Morgan fingerprint density at radius 2 is 2.25 bits per heavy atom. The lowest BCUT2D eigenvalue weighted by Gasteiger charge is -2.16. The van der Waals surface area contributed by atoms with Gasteiger partial charge in [-0.2, -0.15) is 5.10 Å². The van der Waals surface area contributed by atoms with E-state index in [-0.39, 0.29) is 12.6 Å². The van der Waals surface area contributed by atoms with Gasteiger partial charge in [0.2, 0.25) is 0 Å². The van der Waals surface area contributed by atoms with Gasteiger partial charge in [0, 0.05) is 17.2 Å². The summed E-state index contributed by atoms with van der Waals surface area (Å²) >= 11 is 0. The standard InChI is InChI=1S/C15H19N7O2/c1-10(20-23-3)11(2)24-13-4-5-14(12(8-13)9-18-21-17)22-7-6-15(16)19-22/h4-8,11H,9H2,1-3H3,(H2,16,19)/b20-10-. The first kappa shape index (κ1) is 17.2. The van der Waals surface area contributed by atoms with E-state index in [0.717, 1.165) is 11.3 Å². The van der Waals surface area contributed by atoms with E-state index in [4.69, 9.17) is 20.8 Å². The number of nitrogens with two attached hydrogens (primary N) is 1. The average molecular weight is 329 g/mol. The Morgan fingerprint density at radius 1 is 1.46 bits per heavy atom. The molecule has 0 radical (unpaired) electrons. The number of rotatable bonds is 7. The van der Waals surface area contributed by atoms with Crippen molar-refractivity contribution in [3.8, 4) is 11.4 Å². The Bertz CT molecular complexity index is 778. The summed E-state index contributed by atoms with van der Waals surface area (Å²) in [5, 5.41) is 11.7. The molecule has 2 N–H and O–H groups in total. The molecule has 126 valence electrons. The molecule has 0 spiro atoms. The zero-order chi connectivity index (χ0) is 17.5. The molecular formula is C15H19N7O2. The van der Waals surface area contributed by atoms with Crippen molar-refractivity contribution in [3.05, 3.63) is 46.5 Å². The fourth-order valence-corrected chi connectivity index (χ4v) is 2.07. The van der Waals surface area contributed by atoms with Crippen LogP contribution in [-0.2, 0) is 11.4 Å². The molecule has 2 aromatic rings. The Labute approximate surface area is 139 Å². The zero-order valence-electron chi connectivity index (χ0n) is 13.7. The van der Waals surface area contributed by atoms with Crippen LogP contribution in [0, 0.1) is 0 Å². The molecule has 1 aromatic carbocycles. The van der Waals surface area contributed by atoms with Gasteiger partial charge in [0.1, 0.15) is 24.8 Å². The molecule has 1 heterocycles. The van der Waals surface area contributed by atoms with Crippen LogP contribution < -0.4 is 10.5 Å². The summed E-state index contributed by atoms with van der Waals surface area (Å²) in [6.07, 6.45) is 1.48. The maximum absolute atomic E-state index is 8.59. The van der Waals surface area contributed by atoms with E-state index in [9.17, 15) is 0 Å². The van der Waals surface area contributed by atoms with Crippen LogP contribution in [-0.4, -0.2) is 28.7 Å². The fraction of sp³-hybridized carbons (Fsp3) is 0.333. The molecule has 1 unspecified atom stereocenters. The zero-order valence-corrected chi connectivity index (χ0v) is 13.7. The number of nitrogens with zero attached hydrogens (tertiary/aromatic N) is 6. The molecule has 24 heavy (non-hydrogen) atoms. The van der Waals surface area contributed by atoms with E-state index < -0.39 is 0 Å². The second kappa shape index (κ2) is 7.89.